The fourth-order valence-corrected chi connectivity index (χ4v) is 3.74. The molecule has 0 aliphatic carbocycles. The van der Waals surface area contributed by atoms with Gasteiger partial charge in [-0.25, -0.2) is 0 Å². The van der Waals surface area contributed by atoms with Gasteiger partial charge in [0.05, 0.1) is 6.26 Å². The normalized spacial score (nSPS) is 23.2. The van der Waals surface area contributed by atoms with Crippen LogP contribution in [-0.4, -0.2) is 60.6 Å². The van der Waals surface area contributed by atoms with E-state index in [2.05, 4.69) is 29.0 Å². The van der Waals surface area contributed by atoms with Gasteiger partial charge in [-0.1, -0.05) is 6.42 Å². The largest absolute Gasteiger partial charge is 0.469 e. The van der Waals surface area contributed by atoms with Gasteiger partial charge in [0, 0.05) is 38.1 Å². The Morgan fingerprint density at radius 1 is 1.29 bits per heavy atom. The topological polar surface area (TPSA) is 44.0 Å². The number of nitrogens with one attached hydrogen (secondary N) is 1. The highest BCUT2D eigenvalue weighted by atomic mass is 16.3. The SMILES string of the molecule is CC(C)NC(=NCCc1ccco1)N1CCC(N2CCCCC2)C1. The van der Waals surface area contributed by atoms with Crippen molar-refractivity contribution in [2.75, 3.05) is 32.7 Å². The summed E-state index contributed by atoms with van der Waals surface area (Å²) in [6.45, 7) is 9.91. The first-order valence-corrected chi connectivity index (χ1v) is 9.55. The predicted octanol–water partition coefficient (Wildman–Crippen LogP) is 2.74. The summed E-state index contributed by atoms with van der Waals surface area (Å²) in [4.78, 5) is 9.99. The van der Waals surface area contributed by atoms with E-state index in [0.29, 0.717) is 12.1 Å². The van der Waals surface area contributed by atoms with Crippen molar-refractivity contribution in [3.8, 4) is 0 Å². The highest BCUT2D eigenvalue weighted by molar-refractivity contribution is 5.80. The Kier molecular flexibility index (Phi) is 6.18. The third-order valence-corrected chi connectivity index (χ3v) is 4.99. The molecule has 3 rings (SSSR count). The minimum Gasteiger partial charge on any atom is -0.469 e. The molecule has 1 N–H and O–H groups in total. The molecule has 2 aliphatic heterocycles. The summed E-state index contributed by atoms with van der Waals surface area (Å²) in [5, 5.41) is 3.55. The summed E-state index contributed by atoms with van der Waals surface area (Å²) in [6.07, 6.45) is 7.99. The van der Waals surface area contributed by atoms with Crippen LogP contribution in [-0.2, 0) is 6.42 Å². The molecule has 3 heterocycles. The van der Waals surface area contributed by atoms with Gasteiger partial charge in [0.25, 0.3) is 0 Å². The quantitative estimate of drug-likeness (QED) is 0.665. The van der Waals surface area contributed by atoms with Crippen molar-refractivity contribution in [1.29, 1.82) is 0 Å². The summed E-state index contributed by atoms with van der Waals surface area (Å²) >= 11 is 0. The molecule has 2 aliphatic rings. The minimum atomic E-state index is 0.404. The fourth-order valence-electron chi connectivity index (χ4n) is 3.74. The van der Waals surface area contributed by atoms with Gasteiger partial charge < -0.3 is 14.6 Å². The monoisotopic (exact) mass is 332 g/mol. The van der Waals surface area contributed by atoms with Crippen LogP contribution in [0.25, 0.3) is 0 Å². The van der Waals surface area contributed by atoms with Crippen LogP contribution in [0, 0.1) is 0 Å². The average Bonchev–Trinajstić information content (AvgIpc) is 3.26. The fraction of sp³-hybridized carbons (Fsp3) is 0.737. The highest BCUT2D eigenvalue weighted by Crippen LogP contribution is 2.20. The van der Waals surface area contributed by atoms with Crippen LogP contribution in [0.2, 0.25) is 0 Å². The Bertz CT molecular complexity index is 505. The summed E-state index contributed by atoms with van der Waals surface area (Å²) in [5.74, 6) is 2.08. The van der Waals surface area contributed by atoms with Crippen LogP contribution in [0.5, 0.6) is 0 Å². The van der Waals surface area contributed by atoms with E-state index in [9.17, 15) is 0 Å². The lowest BCUT2D eigenvalue weighted by Crippen LogP contribution is -2.46. The summed E-state index contributed by atoms with van der Waals surface area (Å²) < 4.78 is 5.41. The number of guanidine groups is 1. The molecule has 1 unspecified atom stereocenters. The molecule has 24 heavy (non-hydrogen) atoms. The molecule has 1 atom stereocenters. The highest BCUT2D eigenvalue weighted by Gasteiger charge is 2.30. The first-order valence-electron chi connectivity index (χ1n) is 9.55. The Balaban J connectivity index is 1.56. The summed E-state index contributed by atoms with van der Waals surface area (Å²) in [5.41, 5.74) is 0. The smallest absolute Gasteiger partial charge is 0.194 e. The number of likely N-dealkylation sites (tertiary alicyclic amines) is 2. The number of hydrogen-bond acceptors (Lipinski definition) is 3. The second-order valence-electron chi connectivity index (χ2n) is 7.32. The van der Waals surface area contributed by atoms with Gasteiger partial charge in [-0.15, -0.1) is 0 Å². The lowest BCUT2D eigenvalue weighted by atomic mass is 10.1. The zero-order valence-electron chi connectivity index (χ0n) is 15.2. The summed E-state index contributed by atoms with van der Waals surface area (Å²) in [6, 6.07) is 5.07. The lowest BCUT2D eigenvalue weighted by molar-refractivity contribution is 0.168. The number of piperidine rings is 1. The Morgan fingerprint density at radius 3 is 2.83 bits per heavy atom. The molecule has 0 radical (unpaired) electrons. The van der Waals surface area contributed by atoms with E-state index in [4.69, 9.17) is 9.41 Å². The molecule has 0 saturated carbocycles. The van der Waals surface area contributed by atoms with Gasteiger partial charge in [-0.05, 0) is 58.3 Å². The molecule has 0 spiro atoms. The van der Waals surface area contributed by atoms with E-state index in [1.54, 1.807) is 6.26 Å². The van der Waals surface area contributed by atoms with E-state index in [1.165, 1.54) is 38.8 Å². The van der Waals surface area contributed by atoms with Crippen LogP contribution in [0.3, 0.4) is 0 Å². The minimum absolute atomic E-state index is 0.404. The molecule has 1 aromatic heterocycles. The van der Waals surface area contributed by atoms with Crippen LogP contribution in [0.15, 0.2) is 27.8 Å². The number of nitrogens with zero attached hydrogens (tertiary/aromatic N) is 3. The number of hydrogen-bond donors (Lipinski definition) is 1. The molecule has 5 heteroatoms. The molecular formula is C19H32N4O. The van der Waals surface area contributed by atoms with E-state index in [-0.39, 0.29) is 0 Å². The predicted molar refractivity (Wildman–Crippen MR) is 98.4 cm³/mol. The maximum Gasteiger partial charge on any atom is 0.194 e. The van der Waals surface area contributed by atoms with Gasteiger partial charge in [-0.2, -0.15) is 0 Å². The van der Waals surface area contributed by atoms with E-state index >= 15 is 0 Å². The van der Waals surface area contributed by atoms with Crippen molar-refractivity contribution >= 4 is 5.96 Å². The average molecular weight is 332 g/mol. The second kappa shape index (κ2) is 8.56. The lowest BCUT2D eigenvalue weighted by Gasteiger charge is -2.32. The zero-order chi connectivity index (χ0) is 16.8. The number of aliphatic imine (C=N–C) groups is 1. The molecule has 5 nitrogen and oxygen atoms in total. The third-order valence-electron chi connectivity index (χ3n) is 4.99. The molecule has 134 valence electrons. The van der Waals surface area contributed by atoms with Crippen LogP contribution in [0.4, 0.5) is 0 Å². The van der Waals surface area contributed by atoms with Crippen LogP contribution >= 0.6 is 0 Å². The van der Waals surface area contributed by atoms with Crippen LogP contribution < -0.4 is 5.32 Å². The van der Waals surface area contributed by atoms with E-state index in [1.807, 2.05) is 12.1 Å². The van der Waals surface area contributed by atoms with Crippen molar-refractivity contribution < 1.29 is 4.42 Å². The van der Waals surface area contributed by atoms with Gasteiger partial charge in [0.2, 0.25) is 0 Å². The maximum atomic E-state index is 5.41. The van der Waals surface area contributed by atoms with Gasteiger partial charge in [-0.3, -0.25) is 9.89 Å². The summed E-state index contributed by atoms with van der Waals surface area (Å²) in [7, 11) is 0. The Labute approximate surface area is 146 Å². The Hall–Kier alpha value is -1.49. The van der Waals surface area contributed by atoms with Crippen LogP contribution in [0.1, 0.15) is 45.3 Å². The van der Waals surface area contributed by atoms with E-state index < -0.39 is 0 Å². The van der Waals surface area contributed by atoms with Gasteiger partial charge >= 0.3 is 0 Å². The first kappa shape index (κ1) is 17.3. The molecular weight excluding hydrogens is 300 g/mol. The molecule has 2 saturated heterocycles. The van der Waals surface area contributed by atoms with Crippen molar-refractivity contribution in [3.05, 3.63) is 24.2 Å². The van der Waals surface area contributed by atoms with Crippen molar-refractivity contribution in [2.24, 2.45) is 4.99 Å². The zero-order valence-corrected chi connectivity index (χ0v) is 15.2. The molecule has 2 fully saturated rings. The number of furan rings is 1. The standard InChI is InChI=1S/C19H32N4O/c1-16(2)21-19(20-10-8-18-7-6-14-24-18)23-13-9-17(15-23)22-11-4-3-5-12-22/h6-7,14,16-17H,3-5,8-13,15H2,1-2H3,(H,20,21). The number of rotatable bonds is 5. The van der Waals surface area contributed by atoms with Crippen molar-refractivity contribution in [2.45, 2.75) is 58.0 Å². The third kappa shape index (κ3) is 4.76. The van der Waals surface area contributed by atoms with Crippen molar-refractivity contribution in [1.82, 2.24) is 15.1 Å². The molecule has 0 amide bonds. The van der Waals surface area contributed by atoms with Gasteiger partial charge in [0.1, 0.15) is 5.76 Å². The van der Waals surface area contributed by atoms with Gasteiger partial charge in [0.15, 0.2) is 5.96 Å². The molecule has 0 bridgehead atoms. The Morgan fingerprint density at radius 2 is 2.12 bits per heavy atom. The molecule has 1 aromatic rings. The van der Waals surface area contributed by atoms with Crippen molar-refractivity contribution in [3.63, 3.8) is 0 Å². The molecule has 0 aromatic carbocycles. The first-order chi connectivity index (χ1) is 11.7. The second-order valence-corrected chi connectivity index (χ2v) is 7.32. The van der Waals surface area contributed by atoms with E-state index in [0.717, 1.165) is 37.8 Å². The maximum absolute atomic E-state index is 5.41.